The van der Waals surface area contributed by atoms with Gasteiger partial charge in [-0.3, -0.25) is 33.6 Å². The smallest absolute Gasteiger partial charge is 0.325 e. The molecular weight excluding hydrogens is 610 g/mol. The third-order valence-electron chi connectivity index (χ3n) is 7.46. The first-order valence-electron chi connectivity index (χ1n) is 15.7. The number of carboxylic acid groups (broad SMARTS) is 1. The summed E-state index contributed by atoms with van der Waals surface area (Å²) in [5.74, 6) is -5.52. The monoisotopic (exact) mass is 661 g/mol. The Balaban J connectivity index is 3.11. The zero-order chi connectivity index (χ0) is 36.0. The lowest BCUT2D eigenvalue weighted by Gasteiger charge is -2.28. The number of hydrogen-bond donors (Lipinski definition) is 8. The maximum atomic E-state index is 13.6. The number of nitrogens with two attached hydrogens (primary N) is 1. The molecule has 15 heteroatoms. The Morgan fingerprint density at radius 2 is 1.15 bits per heavy atom. The SMILES string of the molecule is CCC(C)C(NC(=O)C(C)N)C(=O)NC(C(=O)NC(C)C(=O)NC(CC(C)C)C(=O)NC(C)C(=O)NC(C)C(=O)O)c1ccccc1. The van der Waals surface area contributed by atoms with Crippen molar-refractivity contribution in [3.8, 4) is 0 Å². The van der Waals surface area contributed by atoms with E-state index >= 15 is 0 Å². The van der Waals surface area contributed by atoms with Crippen molar-refractivity contribution in [2.24, 2.45) is 17.6 Å². The molecule has 1 rings (SSSR count). The van der Waals surface area contributed by atoms with Crippen molar-refractivity contribution in [3.63, 3.8) is 0 Å². The van der Waals surface area contributed by atoms with Crippen molar-refractivity contribution in [1.29, 1.82) is 0 Å². The molecule has 9 N–H and O–H groups in total. The van der Waals surface area contributed by atoms with Crippen molar-refractivity contribution in [3.05, 3.63) is 35.9 Å². The predicted molar refractivity (Wildman–Crippen MR) is 174 cm³/mol. The van der Waals surface area contributed by atoms with Crippen LogP contribution in [0.4, 0.5) is 0 Å². The van der Waals surface area contributed by atoms with Gasteiger partial charge in [0.15, 0.2) is 0 Å². The van der Waals surface area contributed by atoms with E-state index in [1.54, 1.807) is 37.3 Å². The highest BCUT2D eigenvalue weighted by Crippen LogP contribution is 2.16. The first-order chi connectivity index (χ1) is 21.9. The molecule has 15 nitrogen and oxygen atoms in total. The second-order valence-electron chi connectivity index (χ2n) is 12.2. The van der Waals surface area contributed by atoms with E-state index in [1.165, 1.54) is 27.7 Å². The van der Waals surface area contributed by atoms with E-state index in [9.17, 15) is 33.6 Å². The Morgan fingerprint density at radius 3 is 1.64 bits per heavy atom. The quantitative estimate of drug-likeness (QED) is 0.104. The van der Waals surface area contributed by atoms with Gasteiger partial charge in [-0.05, 0) is 51.5 Å². The second kappa shape index (κ2) is 19.2. The van der Waals surface area contributed by atoms with Crippen LogP contribution < -0.4 is 37.6 Å². The van der Waals surface area contributed by atoms with Gasteiger partial charge in [0.25, 0.3) is 0 Å². The molecule has 0 spiro atoms. The summed E-state index contributed by atoms with van der Waals surface area (Å²) in [6.45, 7) is 12.9. The van der Waals surface area contributed by atoms with Gasteiger partial charge in [0.2, 0.25) is 35.4 Å². The van der Waals surface area contributed by atoms with Crippen molar-refractivity contribution in [2.75, 3.05) is 0 Å². The van der Waals surface area contributed by atoms with Crippen molar-refractivity contribution >= 4 is 41.4 Å². The van der Waals surface area contributed by atoms with Crippen LogP contribution in [0.1, 0.15) is 79.8 Å². The lowest BCUT2D eigenvalue weighted by Crippen LogP contribution is -2.58. The summed E-state index contributed by atoms with van der Waals surface area (Å²) in [6.07, 6.45) is 0.748. The molecule has 0 aliphatic heterocycles. The van der Waals surface area contributed by atoms with E-state index in [2.05, 4.69) is 31.9 Å². The number of carbonyl (C=O) groups excluding carboxylic acids is 6. The predicted octanol–water partition coefficient (Wildman–Crippen LogP) is -0.148. The normalized spacial score (nSPS) is 16.1. The molecule has 0 aromatic heterocycles. The Labute approximate surface area is 275 Å². The summed E-state index contributed by atoms with van der Waals surface area (Å²) in [5, 5.41) is 24.3. The first-order valence-corrected chi connectivity index (χ1v) is 15.7. The van der Waals surface area contributed by atoms with Crippen LogP contribution in [-0.2, 0) is 33.6 Å². The van der Waals surface area contributed by atoms with Gasteiger partial charge in [-0.2, -0.15) is 0 Å². The van der Waals surface area contributed by atoms with Gasteiger partial charge in [-0.15, -0.1) is 0 Å². The van der Waals surface area contributed by atoms with Gasteiger partial charge in [-0.1, -0.05) is 64.4 Å². The van der Waals surface area contributed by atoms with Crippen LogP contribution in [0.15, 0.2) is 30.3 Å². The van der Waals surface area contributed by atoms with Crippen LogP contribution >= 0.6 is 0 Å². The van der Waals surface area contributed by atoms with Gasteiger partial charge < -0.3 is 42.7 Å². The number of carboxylic acids is 1. The van der Waals surface area contributed by atoms with E-state index in [4.69, 9.17) is 10.8 Å². The van der Waals surface area contributed by atoms with Crippen LogP contribution in [0.3, 0.4) is 0 Å². The van der Waals surface area contributed by atoms with Crippen LogP contribution in [0.5, 0.6) is 0 Å². The summed E-state index contributed by atoms with van der Waals surface area (Å²) < 4.78 is 0. The van der Waals surface area contributed by atoms with Gasteiger partial charge in [-0.25, -0.2) is 0 Å². The molecule has 47 heavy (non-hydrogen) atoms. The molecule has 0 heterocycles. The zero-order valence-electron chi connectivity index (χ0n) is 28.4. The van der Waals surface area contributed by atoms with Crippen molar-refractivity contribution in [1.82, 2.24) is 31.9 Å². The van der Waals surface area contributed by atoms with Crippen LogP contribution in [0.25, 0.3) is 0 Å². The Bertz CT molecular complexity index is 1260. The molecule has 0 saturated carbocycles. The molecule has 262 valence electrons. The van der Waals surface area contributed by atoms with Crippen LogP contribution in [-0.4, -0.2) is 82.8 Å². The highest BCUT2D eigenvalue weighted by atomic mass is 16.4. The molecule has 1 aromatic carbocycles. The Morgan fingerprint density at radius 1 is 0.638 bits per heavy atom. The molecule has 8 atom stereocenters. The summed E-state index contributed by atoms with van der Waals surface area (Å²) in [6, 6.07) is 0.778. The zero-order valence-corrected chi connectivity index (χ0v) is 28.4. The van der Waals surface area contributed by atoms with Gasteiger partial charge in [0.05, 0.1) is 6.04 Å². The minimum atomic E-state index is -1.24. The molecule has 8 unspecified atom stereocenters. The van der Waals surface area contributed by atoms with E-state index in [-0.39, 0.29) is 18.3 Å². The summed E-state index contributed by atoms with van der Waals surface area (Å²) >= 11 is 0. The number of rotatable bonds is 18. The lowest BCUT2D eigenvalue weighted by molar-refractivity contribution is -0.141. The molecular formula is C32H51N7O8. The van der Waals surface area contributed by atoms with Crippen molar-refractivity contribution in [2.45, 2.75) is 111 Å². The first kappa shape index (κ1) is 40.5. The molecule has 0 aliphatic rings. The van der Waals surface area contributed by atoms with Gasteiger partial charge in [0.1, 0.15) is 36.3 Å². The fraction of sp³-hybridized carbons (Fsp3) is 0.594. The summed E-state index contributed by atoms with van der Waals surface area (Å²) in [7, 11) is 0. The fourth-order valence-corrected chi connectivity index (χ4v) is 4.31. The van der Waals surface area contributed by atoms with Crippen molar-refractivity contribution < 1.29 is 38.7 Å². The number of hydrogen-bond acceptors (Lipinski definition) is 8. The maximum absolute atomic E-state index is 13.6. The van der Waals surface area contributed by atoms with E-state index in [0.717, 1.165) is 0 Å². The molecule has 6 amide bonds. The fourth-order valence-electron chi connectivity index (χ4n) is 4.31. The maximum Gasteiger partial charge on any atom is 0.325 e. The summed E-state index contributed by atoms with van der Waals surface area (Å²) in [5.41, 5.74) is 6.11. The molecule has 0 aliphatic carbocycles. The van der Waals surface area contributed by atoms with E-state index in [0.29, 0.717) is 12.0 Å². The average molecular weight is 662 g/mol. The minimum absolute atomic E-state index is 0.0500. The Kier molecular flexibility index (Phi) is 16.5. The molecule has 1 aromatic rings. The second-order valence-corrected chi connectivity index (χ2v) is 12.2. The van der Waals surface area contributed by atoms with Crippen LogP contribution in [0, 0.1) is 11.8 Å². The van der Waals surface area contributed by atoms with E-state index < -0.39 is 83.7 Å². The highest BCUT2D eigenvalue weighted by Gasteiger charge is 2.33. The topological polar surface area (TPSA) is 238 Å². The molecule has 0 radical (unpaired) electrons. The largest absolute Gasteiger partial charge is 0.480 e. The molecule has 0 bridgehead atoms. The number of amides is 6. The number of benzene rings is 1. The van der Waals surface area contributed by atoms with Gasteiger partial charge in [0, 0.05) is 0 Å². The summed E-state index contributed by atoms with van der Waals surface area (Å²) in [4.78, 5) is 89.0. The number of aliphatic carboxylic acids is 1. The Hall–Kier alpha value is -4.53. The molecule has 0 saturated heterocycles. The third kappa shape index (κ3) is 13.4. The van der Waals surface area contributed by atoms with Gasteiger partial charge >= 0.3 is 5.97 Å². The third-order valence-corrected chi connectivity index (χ3v) is 7.46. The molecule has 0 fully saturated rings. The minimum Gasteiger partial charge on any atom is -0.480 e. The average Bonchev–Trinajstić information content (AvgIpc) is 3.01. The van der Waals surface area contributed by atoms with Crippen LogP contribution in [0.2, 0.25) is 0 Å². The lowest BCUT2D eigenvalue weighted by atomic mass is 9.96. The standard InChI is InChI=1S/C32H51N7O8/c1-9-17(4)24(38-26(40)18(5)33)30(44)39-25(22-13-11-10-12-14-22)31(45)35-20(7)28(42)37-23(15-16(2)3)29(43)34-19(6)27(41)36-21(8)32(46)47/h10-14,16-21,23-25H,9,15,33H2,1-8H3,(H,34,43)(H,35,45)(H,36,41)(H,37,42)(H,38,40)(H,39,44)(H,46,47). The number of nitrogens with one attached hydrogen (secondary N) is 6. The van der Waals surface area contributed by atoms with E-state index in [1.807, 2.05) is 20.8 Å². The number of carbonyl (C=O) groups is 7. The highest BCUT2D eigenvalue weighted by molar-refractivity contribution is 5.97.